The van der Waals surface area contributed by atoms with Gasteiger partial charge in [0.25, 0.3) is 0 Å². The van der Waals surface area contributed by atoms with Crippen LogP contribution in [0.25, 0.3) is 0 Å². The quantitative estimate of drug-likeness (QED) is 0.870. The van der Waals surface area contributed by atoms with E-state index >= 15 is 0 Å². The molecule has 1 fully saturated rings. The summed E-state index contributed by atoms with van der Waals surface area (Å²) in [5.74, 6) is -0.885. The van der Waals surface area contributed by atoms with Crippen molar-refractivity contribution in [3.05, 3.63) is 29.6 Å². The number of aromatic carboxylic acids is 1. The van der Waals surface area contributed by atoms with Gasteiger partial charge in [0.1, 0.15) is 0 Å². The normalized spacial score (nSPS) is 17.6. The first-order valence-corrected chi connectivity index (χ1v) is 6.16. The molecule has 0 saturated carbocycles. The smallest absolute Gasteiger partial charge is 0.335 e. The van der Waals surface area contributed by atoms with Crippen LogP contribution in [0.15, 0.2) is 18.3 Å². The van der Waals surface area contributed by atoms with Crippen molar-refractivity contribution in [3.63, 3.8) is 0 Å². The molecule has 1 N–H and O–H groups in total. The molecule has 0 atom stereocenters. The molecule has 0 unspecified atom stereocenters. The molecule has 0 aliphatic carbocycles. The maximum absolute atomic E-state index is 10.9. The second kappa shape index (κ2) is 5.77. The monoisotopic (exact) mass is 234 g/mol. The van der Waals surface area contributed by atoms with Gasteiger partial charge in [-0.25, -0.2) is 4.79 Å². The minimum Gasteiger partial charge on any atom is -0.478 e. The van der Waals surface area contributed by atoms with E-state index in [1.54, 1.807) is 12.3 Å². The molecule has 0 amide bonds. The SMILES string of the molecule is O=C(O)c1ccnc(CN2CCCCCC2)c1. The van der Waals surface area contributed by atoms with Crippen molar-refractivity contribution in [2.45, 2.75) is 32.2 Å². The van der Waals surface area contributed by atoms with Gasteiger partial charge in [0.2, 0.25) is 0 Å². The van der Waals surface area contributed by atoms with Gasteiger partial charge in [-0.1, -0.05) is 12.8 Å². The molecule has 4 heteroatoms. The molecule has 1 aromatic heterocycles. The summed E-state index contributed by atoms with van der Waals surface area (Å²) < 4.78 is 0. The molecule has 0 aromatic carbocycles. The highest BCUT2D eigenvalue weighted by Gasteiger charge is 2.11. The van der Waals surface area contributed by atoms with Gasteiger partial charge in [0.05, 0.1) is 11.3 Å². The number of rotatable bonds is 3. The zero-order valence-corrected chi connectivity index (χ0v) is 9.93. The van der Waals surface area contributed by atoms with Crippen molar-refractivity contribution < 1.29 is 9.90 Å². The number of aromatic nitrogens is 1. The van der Waals surface area contributed by atoms with E-state index in [-0.39, 0.29) is 0 Å². The average Bonchev–Trinajstić information content (AvgIpc) is 2.58. The van der Waals surface area contributed by atoms with Crippen molar-refractivity contribution in [1.29, 1.82) is 0 Å². The van der Waals surface area contributed by atoms with E-state index < -0.39 is 5.97 Å². The second-order valence-corrected chi connectivity index (χ2v) is 4.53. The Morgan fingerprint density at radius 3 is 2.65 bits per heavy atom. The average molecular weight is 234 g/mol. The van der Waals surface area contributed by atoms with E-state index in [9.17, 15) is 4.79 Å². The molecule has 0 radical (unpaired) electrons. The number of nitrogens with zero attached hydrogens (tertiary/aromatic N) is 2. The third-order valence-electron chi connectivity index (χ3n) is 3.15. The van der Waals surface area contributed by atoms with E-state index in [2.05, 4.69) is 9.88 Å². The Bertz CT molecular complexity index is 385. The largest absolute Gasteiger partial charge is 0.478 e. The van der Waals surface area contributed by atoms with E-state index in [1.165, 1.54) is 31.7 Å². The maximum Gasteiger partial charge on any atom is 0.335 e. The van der Waals surface area contributed by atoms with Crippen LogP contribution in [0, 0.1) is 0 Å². The van der Waals surface area contributed by atoms with Crippen molar-refractivity contribution in [1.82, 2.24) is 9.88 Å². The van der Waals surface area contributed by atoms with Gasteiger partial charge in [-0.15, -0.1) is 0 Å². The zero-order chi connectivity index (χ0) is 12.1. The minimum atomic E-state index is -0.885. The lowest BCUT2D eigenvalue weighted by Crippen LogP contribution is -2.24. The van der Waals surface area contributed by atoms with E-state index in [0.717, 1.165) is 25.3 Å². The number of likely N-dealkylation sites (tertiary alicyclic amines) is 1. The lowest BCUT2D eigenvalue weighted by molar-refractivity contribution is 0.0696. The van der Waals surface area contributed by atoms with Gasteiger partial charge in [-0.3, -0.25) is 9.88 Å². The number of hydrogen-bond acceptors (Lipinski definition) is 3. The highest BCUT2D eigenvalue weighted by atomic mass is 16.4. The molecule has 2 heterocycles. The standard InChI is InChI=1S/C13H18N2O2/c16-13(17)11-5-6-14-12(9-11)10-15-7-3-1-2-4-8-15/h5-6,9H,1-4,7-8,10H2,(H,16,17). The van der Waals surface area contributed by atoms with Crippen molar-refractivity contribution >= 4 is 5.97 Å². The fourth-order valence-corrected chi connectivity index (χ4v) is 2.22. The molecule has 1 saturated heterocycles. The van der Waals surface area contributed by atoms with Crippen LogP contribution in [-0.4, -0.2) is 34.0 Å². The molecule has 92 valence electrons. The molecule has 4 nitrogen and oxygen atoms in total. The van der Waals surface area contributed by atoms with Gasteiger partial charge < -0.3 is 5.11 Å². The van der Waals surface area contributed by atoms with Gasteiger partial charge in [-0.2, -0.15) is 0 Å². The highest BCUT2D eigenvalue weighted by molar-refractivity contribution is 5.87. The molecule has 0 bridgehead atoms. The van der Waals surface area contributed by atoms with Gasteiger partial charge >= 0.3 is 5.97 Å². The molecule has 1 aliphatic rings. The highest BCUT2D eigenvalue weighted by Crippen LogP contribution is 2.12. The Morgan fingerprint density at radius 2 is 2.00 bits per heavy atom. The summed E-state index contributed by atoms with van der Waals surface area (Å²) in [4.78, 5) is 17.5. The fourth-order valence-electron chi connectivity index (χ4n) is 2.22. The summed E-state index contributed by atoms with van der Waals surface area (Å²) in [6.45, 7) is 2.96. The van der Waals surface area contributed by atoms with Gasteiger partial charge in [-0.05, 0) is 38.1 Å². The fraction of sp³-hybridized carbons (Fsp3) is 0.538. The van der Waals surface area contributed by atoms with Crippen LogP contribution in [0.2, 0.25) is 0 Å². The lowest BCUT2D eigenvalue weighted by atomic mass is 10.2. The Kier molecular flexibility index (Phi) is 4.09. The summed E-state index contributed by atoms with van der Waals surface area (Å²) >= 11 is 0. The third kappa shape index (κ3) is 3.53. The molecule has 1 aliphatic heterocycles. The number of carboxylic acid groups (broad SMARTS) is 1. The first-order valence-electron chi connectivity index (χ1n) is 6.16. The topological polar surface area (TPSA) is 53.4 Å². The van der Waals surface area contributed by atoms with Crippen LogP contribution < -0.4 is 0 Å². The van der Waals surface area contributed by atoms with Crippen molar-refractivity contribution in [2.75, 3.05) is 13.1 Å². The predicted octanol–water partition coefficient (Wildman–Crippen LogP) is 2.16. The Hall–Kier alpha value is -1.42. The van der Waals surface area contributed by atoms with Crippen LogP contribution >= 0.6 is 0 Å². The molecule has 1 aromatic rings. The summed E-state index contributed by atoms with van der Waals surface area (Å²) in [5, 5.41) is 8.92. The van der Waals surface area contributed by atoms with Crippen molar-refractivity contribution in [3.8, 4) is 0 Å². The summed E-state index contributed by atoms with van der Waals surface area (Å²) in [7, 11) is 0. The van der Waals surface area contributed by atoms with Crippen LogP contribution in [0.5, 0.6) is 0 Å². The third-order valence-corrected chi connectivity index (χ3v) is 3.15. The van der Waals surface area contributed by atoms with Gasteiger partial charge in [0.15, 0.2) is 0 Å². The summed E-state index contributed by atoms with van der Waals surface area (Å²) in [5.41, 5.74) is 1.18. The van der Waals surface area contributed by atoms with Crippen molar-refractivity contribution in [2.24, 2.45) is 0 Å². The second-order valence-electron chi connectivity index (χ2n) is 4.53. The zero-order valence-electron chi connectivity index (χ0n) is 9.93. The predicted molar refractivity (Wildman–Crippen MR) is 64.9 cm³/mol. The van der Waals surface area contributed by atoms with Crippen LogP contribution in [0.4, 0.5) is 0 Å². The van der Waals surface area contributed by atoms with Crippen LogP contribution in [0.1, 0.15) is 41.7 Å². The van der Waals surface area contributed by atoms with Gasteiger partial charge in [0, 0.05) is 12.7 Å². The van der Waals surface area contributed by atoms with Crippen LogP contribution in [0.3, 0.4) is 0 Å². The number of carboxylic acids is 1. The Morgan fingerprint density at radius 1 is 1.29 bits per heavy atom. The first-order chi connectivity index (χ1) is 8.25. The molecular weight excluding hydrogens is 216 g/mol. The van der Waals surface area contributed by atoms with E-state index in [4.69, 9.17) is 5.11 Å². The minimum absolute atomic E-state index is 0.324. The van der Waals surface area contributed by atoms with Crippen LogP contribution in [-0.2, 0) is 6.54 Å². The molecule has 2 rings (SSSR count). The number of carbonyl (C=O) groups is 1. The number of pyridine rings is 1. The number of hydrogen-bond donors (Lipinski definition) is 1. The molecular formula is C13H18N2O2. The summed E-state index contributed by atoms with van der Waals surface area (Å²) in [6, 6.07) is 3.21. The molecule has 0 spiro atoms. The van der Waals surface area contributed by atoms with E-state index in [0.29, 0.717) is 5.56 Å². The maximum atomic E-state index is 10.9. The Labute approximate surface area is 101 Å². The lowest BCUT2D eigenvalue weighted by Gasteiger charge is -2.19. The Balaban J connectivity index is 2.01. The molecule has 17 heavy (non-hydrogen) atoms. The van der Waals surface area contributed by atoms with E-state index in [1.807, 2.05) is 0 Å². The summed E-state index contributed by atoms with van der Waals surface area (Å²) in [6.07, 6.45) is 6.66. The first kappa shape index (κ1) is 12.0.